The number of alkyl halides is 3. The SMILES string of the molecule is Nc1cccc(-c2cccc(C(F)(F)F)c2)n1. The van der Waals surface area contributed by atoms with Crippen LogP contribution in [0.5, 0.6) is 0 Å². The standard InChI is InChI=1S/C12H9F3N2/c13-12(14,15)9-4-1-3-8(7-9)10-5-2-6-11(16)17-10/h1-7H,(H2,16,17). The molecule has 1 heterocycles. The Labute approximate surface area is 95.9 Å². The van der Waals surface area contributed by atoms with Gasteiger partial charge in [0.2, 0.25) is 0 Å². The molecule has 0 aliphatic rings. The topological polar surface area (TPSA) is 38.9 Å². The first-order valence-electron chi connectivity index (χ1n) is 4.87. The maximum absolute atomic E-state index is 12.5. The van der Waals surface area contributed by atoms with Gasteiger partial charge in [-0.3, -0.25) is 0 Å². The van der Waals surface area contributed by atoms with E-state index in [0.29, 0.717) is 11.3 Å². The zero-order valence-corrected chi connectivity index (χ0v) is 8.70. The summed E-state index contributed by atoms with van der Waals surface area (Å²) in [5, 5.41) is 0. The van der Waals surface area contributed by atoms with Crippen LogP contribution in [0.25, 0.3) is 11.3 Å². The molecule has 0 spiro atoms. The van der Waals surface area contributed by atoms with E-state index in [4.69, 9.17) is 5.73 Å². The minimum Gasteiger partial charge on any atom is -0.384 e. The van der Waals surface area contributed by atoms with Crippen molar-refractivity contribution in [2.75, 3.05) is 5.73 Å². The van der Waals surface area contributed by atoms with Crippen molar-refractivity contribution >= 4 is 5.82 Å². The number of anilines is 1. The first-order chi connectivity index (χ1) is 7.97. The number of aromatic nitrogens is 1. The summed E-state index contributed by atoms with van der Waals surface area (Å²) in [6, 6.07) is 9.85. The molecule has 0 amide bonds. The van der Waals surface area contributed by atoms with E-state index in [1.807, 2.05) is 0 Å². The molecule has 0 fully saturated rings. The van der Waals surface area contributed by atoms with Crippen LogP contribution in [-0.2, 0) is 6.18 Å². The highest BCUT2D eigenvalue weighted by atomic mass is 19.4. The number of halogens is 3. The molecule has 0 atom stereocenters. The van der Waals surface area contributed by atoms with Gasteiger partial charge in [0.25, 0.3) is 0 Å². The maximum Gasteiger partial charge on any atom is 0.416 e. The summed E-state index contributed by atoms with van der Waals surface area (Å²) in [4.78, 5) is 3.98. The van der Waals surface area contributed by atoms with Gasteiger partial charge in [-0.05, 0) is 24.3 Å². The molecule has 2 rings (SSSR count). The number of nitrogens with zero attached hydrogens (tertiary/aromatic N) is 1. The summed E-state index contributed by atoms with van der Waals surface area (Å²) < 4.78 is 37.6. The van der Waals surface area contributed by atoms with Crippen molar-refractivity contribution in [3.05, 3.63) is 48.0 Å². The molecule has 2 N–H and O–H groups in total. The van der Waals surface area contributed by atoms with Crippen LogP contribution in [0.3, 0.4) is 0 Å². The molecule has 0 aliphatic heterocycles. The highest BCUT2D eigenvalue weighted by Crippen LogP contribution is 2.31. The monoisotopic (exact) mass is 238 g/mol. The lowest BCUT2D eigenvalue weighted by Crippen LogP contribution is -2.04. The van der Waals surface area contributed by atoms with Crippen LogP contribution in [0.2, 0.25) is 0 Å². The Morgan fingerprint density at radius 1 is 1.00 bits per heavy atom. The molecule has 2 nitrogen and oxygen atoms in total. The Morgan fingerprint density at radius 2 is 1.71 bits per heavy atom. The third-order valence-electron chi connectivity index (χ3n) is 2.26. The lowest BCUT2D eigenvalue weighted by Gasteiger charge is -2.08. The smallest absolute Gasteiger partial charge is 0.384 e. The molecule has 2 aromatic rings. The molecule has 0 radical (unpaired) electrons. The van der Waals surface area contributed by atoms with Crippen LogP contribution in [0.1, 0.15) is 5.56 Å². The second-order valence-corrected chi connectivity index (χ2v) is 3.53. The number of pyridine rings is 1. The first kappa shape index (κ1) is 11.4. The lowest BCUT2D eigenvalue weighted by atomic mass is 10.1. The number of nitrogen functional groups attached to an aromatic ring is 1. The average Bonchev–Trinajstić information content (AvgIpc) is 2.28. The largest absolute Gasteiger partial charge is 0.416 e. The van der Waals surface area contributed by atoms with E-state index in [2.05, 4.69) is 4.98 Å². The van der Waals surface area contributed by atoms with Crippen LogP contribution in [0.4, 0.5) is 19.0 Å². The second kappa shape index (κ2) is 4.08. The molecular formula is C12H9F3N2. The number of hydrogen-bond acceptors (Lipinski definition) is 2. The molecule has 0 aliphatic carbocycles. The van der Waals surface area contributed by atoms with Crippen molar-refractivity contribution in [1.29, 1.82) is 0 Å². The van der Waals surface area contributed by atoms with Gasteiger partial charge in [-0.2, -0.15) is 13.2 Å². The van der Waals surface area contributed by atoms with Gasteiger partial charge in [0.15, 0.2) is 0 Å². The minimum absolute atomic E-state index is 0.278. The quantitative estimate of drug-likeness (QED) is 0.827. The number of nitrogens with two attached hydrogens (primary N) is 1. The Morgan fingerprint density at radius 3 is 2.35 bits per heavy atom. The normalized spacial score (nSPS) is 11.5. The Hall–Kier alpha value is -2.04. The molecule has 17 heavy (non-hydrogen) atoms. The summed E-state index contributed by atoms with van der Waals surface area (Å²) >= 11 is 0. The molecule has 1 aromatic carbocycles. The number of rotatable bonds is 1. The van der Waals surface area contributed by atoms with E-state index in [1.165, 1.54) is 6.07 Å². The van der Waals surface area contributed by atoms with Crippen molar-refractivity contribution in [3.63, 3.8) is 0 Å². The van der Waals surface area contributed by atoms with Crippen molar-refractivity contribution in [3.8, 4) is 11.3 Å². The Kier molecular flexibility index (Phi) is 2.75. The molecule has 0 unspecified atom stereocenters. The Balaban J connectivity index is 2.47. The highest BCUT2D eigenvalue weighted by molar-refractivity contribution is 5.61. The van der Waals surface area contributed by atoms with Crippen molar-refractivity contribution in [1.82, 2.24) is 4.98 Å². The van der Waals surface area contributed by atoms with Crippen LogP contribution in [0.15, 0.2) is 42.5 Å². The zero-order chi connectivity index (χ0) is 12.5. The fraction of sp³-hybridized carbons (Fsp3) is 0.0833. The molecule has 0 saturated carbocycles. The lowest BCUT2D eigenvalue weighted by molar-refractivity contribution is -0.137. The van der Waals surface area contributed by atoms with E-state index in [1.54, 1.807) is 24.3 Å². The summed E-state index contributed by atoms with van der Waals surface area (Å²) in [7, 11) is 0. The van der Waals surface area contributed by atoms with E-state index >= 15 is 0 Å². The van der Waals surface area contributed by atoms with Gasteiger partial charge >= 0.3 is 6.18 Å². The van der Waals surface area contributed by atoms with Gasteiger partial charge in [0.05, 0.1) is 11.3 Å². The predicted octanol–water partition coefficient (Wildman–Crippen LogP) is 3.35. The summed E-state index contributed by atoms with van der Waals surface area (Å²) in [6.07, 6.45) is -4.35. The van der Waals surface area contributed by atoms with Gasteiger partial charge in [0, 0.05) is 5.56 Å². The highest BCUT2D eigenvalue weighted by Gasteiger charge is 2.30. The van der Waals surface area contributed by atoms with E-state index in [-0.39, 0.29) is 5.82 Å². The third kappa shape index (κ3) is 2.55. The number of hydrogen-bond donors (Lipinski definition) is 1. The summed E-state index contributed by atoms with van der Waals surface area (Å²) in [6.45, 7) is 0. The summed E-state index contributed by atoms with van der Waals surface area (Å²) in [5.41, 5.74) is 5.61. The van der Waals surface area contributed by atoms with Crippen LogP contribution in [-0.4, -0.2) is 4.98 Å². The third-order valence-corrected chi connectivity index (χ3v) is 2.26. The fourth-order valence-electron chi connectivity index (χ4n) is 1.47. The van der Waals surface area contributed by atoms with Crippen LogP contribution < -0.4 is 5.73 Å². The molecular weight excluding hydrogens is 229 g/mol. The maximum atomic E-state index is 12.5. The molecule has 0 bridgehead atoms. The first-order valence-corrected chi connectivity index (χ1v) is 4.87. The Bertz CT molecular complexity index is 535. The van der Waals surface area contributed by atoms with Gasteiger partial charge in [-0.1, -0.05) is 18.2 Å². The van der Waals surface area contributed by atoms with Crippen molar-refractivity contribution in [2.45, 2.75) is 6.18 Å². The zero-order valence-electron chi connectivity index (χ0n) is 8.70. The summed E-state index contributed by atoms with van der Waals surface area (Å²) in [5.74, 6) is 0.278. The van der Waals surface area contributed by atoms with E-state index < -0.39 is 11.7 Å². The molecule has 5 heteroatoms. The van der Waals surface area contributed by atoms with Gasteiger partial charge in [0.1, 0.15) is 5.82 Å². The van der Waals surface area contributed by atoms with Gasteiger partial charge < -0.3 is 5.73 Å². The molecule has 0 saturated heterocycles. The van der Waals surface area contributed by atoms with E-state index in [0.717, 1.165) is 12.1 Å². The van der Waals surface area contributed by atoms with Crippen molar-refractivity contribution in [2.24, 2.45) is 0 Å². The molecule has 88 valence electrons. The van der Waals surface area contributed by atoms with Crippen LogP contribution >= 0.6 is 0 Å². The molecule has 1 aromatic heterocycles. The number of benzene rings is 1. The average molecular weight is 238 g/mol. The predicted molar refractivity (Wildman–Crippen MR) is 59.1 cm³/mol. The van der Waals surface area contributed by atoms with E-state index in [9.17, 15) is 13.2 Å². The van der Waals surface area contributed by atoms with Gasteiger partial charge in [-0.15, -0.1) is 0 Å². The van der Waals surface area contributed by atoms with Gasteiger partial charge in [-0.25, -0.2) is 4.98 Å². The second-order valence-electron chi connectivity index (χ2n) is 3.53. The van der Waals surface area contributed by atoms with Crippen LogP contribution in [0, 0.1) is 0 Å². The van der Waals surface area contributed by atoms with Crippen molar-refractivity contribution < 1.29 is 13.2 Å². The minimum atomic E-state index is -4.35. The fourth-order valence-corrected chi connectivity index (χ4v) is 1.47.